The fraction of sp³-hybridized carbons (Fsp3) is 0.164. The zero-order chi connectivity index (χ0) is 58.0. The number of cyclic esters (lactones) is 1. The minimum Gasteiger partial charge on any atom is -0.453 e. The molecule has 0 saturated carbocycles. The third-order valence-corrected chi connectivity index (χ3v) is 9.54. The summed E-state index contributed by atoms with van der Waals surface area (Å²) in [5.74, 6) is 39.2. The van der Waals surface area contributed by atoms with Crippen LogP contribution in [0.3, 0.4) is 0 Å². The van der Waals surface area contributed by atoms with Crippen molar-refractivity contribution in [2.75, 3.05) is 26.4 Å². The lowest BCUT2D eigenvalue weighted by atomic mass is 10.1. The van der Waals surface area contributed by atoms with Crippen LogP contribution in [-0.2, 0) is 69.9 Å². The SMILES string of the molecule is CC#CC#C/C=C1/C=CC(=O)O1.CC#CC#C/C=C1\C=CC2(OC=CC2OC(C)=O)O1.O=C(Cc1ccccc1)OCC#CC#CCOC(=O)Cc1ccccc1.O=C(OCC#CC#CCOC(=O)c1ccccc1)c1ccccc1. The monoisotopic (exact) mass is 1080 g/mol. The molecule has 2 atom stereocenters. The van der Waals surface area contributed by atoms with Crippen LogP contribution in [0.2, 0.25) is 0 Å². The van der Waals surface area contributed by atoms with Gasteiger partial charge in [0, 0.05) is 31.2 Å². The molecule has 7 rings (SSSR count). The van der Waals surface area contributed by atoms with Crippen LogP contribution >= 0.6 is 0 Å². The Kier molecular flexibility index (Phi) is 28.5. The van der Waals surface area contributed by atoms with Gasteiger partial charge in [0.15, 0.2) is 26.4 Å². The highest BCUT2D eigenvalue weighted by Crippen LogP contribution is 2.36. The number of benzene rings is 4. The van der Waals surface area contributed by atoms with Crippen molar-refractivity contribution in [3.63, 3.8) is 0 Å². The molecule has 0 aromatic heterocycles. The van der Waals surface area contributed by atoms with E-state index < -0.39 is 29.8 Å². The molecule has 0 radical (unpaired) electrons. The van der Waals surface area contributed by atoms with Gasteiger partial charge in [-0.15, -0.1) is 0 Å². The van der Waals surface area contributed by atoms with Crippen molar-refractivity contribution >= 4 is 35.8 Å². The Balaban J connectivity index is 0.000000240. The second-order valence-electron chi connectivity index (χ2n) is 15.5. The smallest absolute Gasteiger partial charge is 0.339 e. The van der Waals surface area contributed by atoms with Crippen LogP contribution < -0.4 is 0 Å². The molecule has 81 heavy (non-hydrogen) atoms. The van der Waals surface area contributed by atoms with Crippen molar-refractivity contribution in [2.24, 2.45) is 0 Å². The number of carbonyl (C=O) groups excluding carboxylic acids is 6. The number of esters is 6. The van der Waals surface area contributed by atoms with Gasteiger partial charge in [0.05, 0.1) is 30.2 Å². The summed E-state index contributed by atoms with van der Waals surface area (Å²) in [6.45, 7) is 4.62. The number of allylic oxidation sites excluding steroid dienone is 4. The molecule has 2 unspecified atom stereocenters. The van der Waals surface area contributed by atoms with E-state index in [9.17, 15) is 28.8 Å². The molecule has 0 amide bonds. The van der Waals surface area contributed by atoms with Gasteiger partial charge >= 0.3 is 41.6 Å². The second kappa shape index (κ2) is 37.3. The number of carbonyl (C=O) groups is 6. The van der Waals surface area contributed by atoms with Crippen molar-refractivity contribution in [1.29, 1.82) is 0 Å². The van der Waals surface area contributed by atoms with E-state index in [0.717, 1.165) is 11.1 Å². The molecule has 14 heteroatoms. The lowest BCUT2D eigenvalue weighted by Crippen LogP contribution is -2.40. The molecule has 4 aromatic carbocycles. The van der Waals surface area contributed by atoms with E-state index in [0.29, 0.717) is 22.6 Å². The van der Waals surface area contributed by atoms with Crippen LogP contribution in [0.4, 0.5) is 0 Å². The molecule has 0 fully saturated rings. The number of ether oxygens (including phenoxy) is 8. The Morgan fingerprint density at radius 1 is 0.531 bits per heavy atom. The Hall–Kier alpha value is -11.5. The summed E-state index contributed by atoms with van der Waals surface area (Å²) in [6, 6.07) is 36.0. The molecular weight excluding hydrogens is 1030 g/mol. The van der Waals surface area contributed by atoms with Crippen LogP contribution in [0.15, 0.2) is 182 Å². The minimum absolute atomic E-state index is 0.0197. The van der Waals surface area contributed by atoms with E-state index >= 15 is 0 Å². The Morgan fingerprint density at radius 3 is 1.38 bits per heavy atom. The Labute approximate surface area is 471 Å². The summed E-state index contributed by atoms with van der Waals surface area (Å²) in [5, 5.41) is 0. The van der Waals surface area contributed by atoms with Crippen LogP contribution in [0.5, 0.6) is 0 Å². The Morgan fingerprint density at radius 2 is 0.963 bits per heavy atom. The van der Waals surface area contributed by atoms with Crippen LogP contribution in [0.1, 0.15) is 52.6 Å². The molecule has 3 aliphatic rings. The first-order valence-corrected chi connectivity index (χ1v) is 24.3. The summed E-state index contributed by atoms with van der Waals surface area (Å²) in [5.41, 5.74) is 2.72. The van der Waals surface area contributed by atoms with Gasteiger partial charge in [-0.1, -0.05) is 121 Å². The molecule has 4 aromatic rings. The van der Waals surface area contributed by atoms with Gasteiger partial charge in [-0.2, -0.15) is 0 Å². The maximum absolute atomic E-state index is 11.6. The summed E-state index contributed by atoms with van der Waals surface area (Å²) in [7, 11) is 0. The normalized spacial score (nSPS) is 14.5. The van der Waals surface area contributed by atoms with Crippen molar-refractivity contribution in [1.82, 2.24) is 0 Å². The lowest BCUT2D eigenvalue weighted by Gasteiger charge is -2.27. The maximum atomic E-state index is 11.6. The average Bonchev–Trinajstić information content (AvgIpc) is 4.34. The van der Waals surface area contributed by atoms with Gasteiger partial charge in [0.2, 0.25) is 6.10 Å². The van der Waals surface area contributed by atoms with Crippen molar-refractivity contribution in [3.05, 3.63) is 204 Å². The largest absolute Gasteiger partial charge is 0.453 e. The van der Waals surface area contributed by atoms with Crippen LogP contribution in [0, 0.1) is 94.7 Å². The fourth-order valence-electron chi connectivity index (χ4n) is 5.99. The van der Waals surface area contributed by atoms with Crippen molar-refractivity contribution in [3.8, 4) is 94.7 Å². The van der Waals surface area contributed by atoms with E-state index in [-0.39, 0.29) is 57.2 Å². The highest BCUT2D eigenvalue weighted by molar-refractivity contribution is 5.90. The first kappa shape index (κ1) is 62.0. The minimum atomic E-state index is -1.10. The third-order valence-electron chi connectivity index (χ3n) is 9.54. The molecule has 0 saturated heterocycles. The molecule has 3 heterocycles. The van der Waals surface area contributed by atoms with Gasteiger partial charge < -0.3 is 37.9 Å². The van der Waals surface area contributed by atoms with E-state index in [1.807, 2.05) is 72.8 Å². The summed E-state index contributed by atoms with van der Waals surface area (Å²) in [6.07, 6.45) is 12.3. The van der Waals surface area contributed by atoms with Gasteiger partial charge in [-0.3, -0.25) is 14.4 Å². The van der Waals surface area contributed by atoms with Gasteiger partial charge in [-0.05, 0) is 139 Å². The molecular formula is C67H50O14. The highest BCUT2D eigenvalue weighted by Gasteiger charge is 2.48. The lowest BCUT2D eigenvalue weighted by molar-refractivity contribution is -0.189. The Bertz CT molecular complexity index is 3370. The standard InChI is InChI=1S/C22H18O4.C20H14O4.C15H12O4.C10H6O2/c23-21(17-19-11-5-3-6-12-19)25-15-9-1-2-10-16-26-22(24)18-20-13-7-4-8-14-20;21-19(17-11-5-3-6-12-17)23-15-9-1-2-10-16-24-20(22)18-13-7-4-8-14-18;1-3-4-5-6-7-13-8-10-15(19-13)14(9-11-17-15)18-12(2)16;1-2-3-4-5-6-9-7-8-10(11)12-9/h3-8,11-14H,15-18H2;3-8,11-14H,15-16H2;7-11,14H,1-2H3;6-8H,1H3/b;;13-7+;9-6-. The molecule has 0 N–H and O–H groups in total. The van der Waals surface area contributed by atoms with E-state index in [1.165, 1.54) is 25.3 Å². The zero-order valence-corrected chi connectivity index (χ0v) is 44.2. The van der Waals surface area contributed by atoms with Crippen LogP contribution in [-0.4, -0.2) is 74.1 Å². The van der Waals surface area contributed by atoms with Gasteiger partial charge in [0.1, 0.15) is 11.5 Å². The third kappa shape index (κ3) is 26.2. The summed E-state index contributed by atoms with van der Waals surface area (Å²) >= 11 is 0. The quantitative estimate of drug-likeness (QED) is 0.0804. The molecule has 0 bridgehead atoms. The predicted molar refractivity (Wildman–Crippen MR) is 299 cm³/mol. The maximum Gasteiger partial charge on any atom is 0.339 e. The average molecular weight is 1080 g/mol. The summed E-state index contributed by atoms with van der Waals surface area (Å²) in [4.78, 5) is 67.9. The number of hydrogen-bond acceptors (Lipinski definition) is 14. The first-order valence-electron chi connectivity index (χ1n) is 24.3. The van der Waals surface area contributed by atoms with Crippen molar-refractivity contribution < 1.29 is 66.7 Å². The molecule has 3 aliphatic heterocycles. The van der Waals surface area contributed by atoms with Gasteiger partial charge in [0.25, 0.3) is 0 Å². The topological polar surface area (TPSA) is 176 Å². The molecule has 14 nitrogen and oxygen atoms in total. The summed E-state index contributed by atoms with van der Waals surface area (Å²) < 4.78 is 40.8. The highest BCUT2D eigenvalue weighted by atomic mass is 16.7. The van der Waals surface area contributed by atoms with E-state index in [1.54, 1.807) is 92.8 Å². The second-order valence-corrected chi connectivity index (χ2v) is 15.5. The first-order chi connectivity index (χ1) is 39.5. The molecule has 1 spiro atoms. The predicted octanol–water partition coefficient (Wildman–Crippen LogP) is 7.94. The fourth-order valence-corrected chi connectivity index (χ4v) is 5.99. The number of rotatable bonds is 11. The van der Waals surface area contributed by atoms with Gasteiger partial charge in [-0.25, -0.2) is 14.4 Å². The van der Waals surface area contributed by atoms with E-state index in [2.05, 4.69) is 94.7 Å². The molecule has 0 aliphatic carbocycles. The van der Waals surface area contributed by atoms with Crippen molar-refractivity contribution in [2.45, 2.75) is 45.5 Å². The van der Waals surface area contributed by atoms with E-state index in [4.69, 9.17) is 37.9 Å². The zero-order valence-electron chi connectivity index (χ0n) is 44.2. The van der Waals surface area contributed by atoms with Crippen LogP contribution in [0.25, 0.3) is 0 Å². The number of hydrogen-bond donors (Lipinski definition) is 0. The molecule has 402 valence electrons.